The van der Waals surface area contributed by atoms with Crippen molar-refractivity contribution in [1.29, 1.82) is 0 Å². The highest BCUT2D eigenvalue weighted by molar-refractivity contribution is 5.93. The number of aliphatic carboxylic acids is 1. The molecule has 5 nitrogen and oxygen atoms in total. The summed E-state index contributed by atoms with van der Waals surface area (Å²) in [4.78, 5) is 24.4. The number of nitrogens with zero attached hydrogens (tertiary/aromatic N) is 1. The van der Waals surface area contributed by atoms with E-state index >= 15 is 0 Å². The molecule has 0 fully saturated rings. The summed E-state index contributed by atoms with van der Waals surface area (Å²) in [6, 6.07) is 5.98. The van der Waals surface area contributed by atoms with Crippen LogP contribution in [0.1, 0.15) is 30.9 Å². The lowest BCUT2D eigenvalue weighted by Gasteiger charge is -2.17. The Balaban J connectivity index is 2.52. The van der Waals surface area contributed by atoms with E-state index in [1.54, 1.807) is 0 Å². The van der Waals surface area contributed by atoms with Crippen molar-refractivity contribution in [3.05, 3.63) is 29.3 Å². The molecule has 2 N–H and O–H groups in total. The molecule has 0 saturated carbocycles. The zero-order valence-corrected chi connectivity index (χ0v) is 13.0. The van der Waals surface area contributed by atoms with Crippen LogP contribution in [0.5, 0.6) is 0 Å². The number of carboxylic acids is 1. The molecule has 0 unspecified atom stereocenters. The SMILES string of the molecule is CCc1cccc(C)c1NC(=O)CN(C)CCCC(=O)O. The van der Waals surface area contributed by atoms with Crippen molar-refractivity contribution in [3.8, 4) is 0 Å². The van der Waals surface area contributed by atoms with Gasteiger partial charge in [-0.3, -0.25) is 14.5 Å². The zero-order chi connectivity index (χ0) is 15.8. The second kappa shape index (κ2) is 8.42. The molecule has 5 heteroatoms. The minimum atomic E-state index is -0.805. The molecule has 0 atom stereocenters. The smallest absolute Gasteiger partial charge is 0.303 e. The molecule has 0 aromatic heterocycles. The van der Waals surface area contributed by atoms with Crippen LogP contribution in [0.25, 0.3) is 0 Å². The number of likely N-dealkylation sites (N-methyl/N-ethyl adjacent to an activating group) is 1. The monoisotopic (exact) mass is 292 g/mol. The first-order chi connectivity index (χ1) is 9.93. The molecule has 0 aliphatic heterocycles. The number of rotatable bonds is 8. The largest absolute Gasteiger partial charge is 0.481 e. The fraction of sp³-hybridized carbons (Fsp3) is 0.500. The molecule has 0 saturated heterocycles. The highest BCUT2D eigenvalue weighted by Crippen LogP contribution is 2.20. The minimum absolute atomic E-state index is 0.0724. The van der Waals surface area contributed by atoms with Crippen molar-refractivity contribution >= 4 is 17.6 Å². The van der Waals surface area contributed by atoms with Crippen LogP contribution >= 0.6 is 0 Å². The van der Waals surface area contributed by atoms with Gasteiger partial charge in [-0.05, 0) is 44.5 Å². The van der Waals surface area contributed by atoms with Crippen molar-refractivity contribution in [1.82, 2.24) is 4.90 Å². The number of hydrogen-bond donors (Lipinski definition) is 2. The molecule has 0 aliphatic carbocycles. The van der Waals surface area contributed by atoms with Crippen molar-refractivity contribution in [2.45, 2.75) is 33.1 Å². The maximum absolute atomic E-state index is 12.1. The minimum Gasteiger partial charge on any atom is -0.481 e. The Morgan fingerprint density at radius 2 is 2.05 bits per heavy atom. The van der Waals surface area contributed by atoms with E-state index in [-0.39, 0.29) is 18.9 Å². The first-order valence-electron chi connectivity index (χ1n) is 7.22. The third-order valence-electron chi connectivity index (χ3n) is 3.35. The first kappa shape index (κ1) is 17.2. The summed E-state index contributed by atoms with van der Waals surface area (Å²) >= 11 is 0. The van der Waals surface area contributed by atoms with E-state index in [9.17, 15) is 9.59 Å². The van der Waals surface area contributed by atoms with Crippen LogP contribution in [0, 0.1) is 6.92 Å². The third kappa shape index (κ3) is 5.95. The molecule has 0 radical (unpaired) electrons. The highest BCUT2D eigenvalue weighted by Gasteiger charge is 2.11. The first-order valence-corrected chi connectivity index (χ1v) is 7.22. The van der Waals surface area contributed by atoms with Gasteiger partial charge in [0.15, 0.2) is 0 Å². The van der Waals surface area contributed by atoms with Crippen LogP contribution in [0.2, 0.25) is 0 Å². The van der Waals surface area contributed by atoms with Gasteiger partial charge < -0.3 is 10.4 Å². The summed E-state index contributed by atoms with van der Waals surface area (Å²) in [5.74, 6) is -0.878. The van der Waals surface area contributed by atoms with E-state index in [0.717, 1.165) is 23.2 Å². The second-order valence-electron chi connectivity index (χ2n) is 5.25. The molecule has 116 valence electrons. The van der Waals surface area contributed by atoms with Crippen molar-refractivity contribution in [2.24, 2.45) is 0 Å². The van der Waals surface area contributed by atoms with E-state index in [1.165, 1.54) is 0 Å². The van der Waals surface area contributed by atoms with Crippen LogP contribution in [-0.4, -0.2) is 42.0 Å². The van der Waals surface area contributed by atoms with Gasteiger partial charge in [0.2, 0.25) is 5.91 Å². The Labute approximate surface area is 126 Å². The maximum Gasteiger partial charge on any atom is 0.303 e. The molecule has 1 aromatic rings. The fourth-order valence-corrected chi connectivity index (χ4v) is 2.21. The quantitative estimate of drug-likeness (QED) is 0.771. The Kier molecular flexibility index (Phi) is 6.88. The number of nitrogens with one attached hydrogen (secondary N) is 1. The highest BCUT2D eigenvalue weighted by atomic mass is 16.4. The summed E-state index contributed by atoms with van der Waals surface area (Å²) in [6.45, 7) is 4.89. The van der Waals surface area contributed by atoms with Crippen molar-refractivity contribution in [3.63, 3.8) is 0 Å². The predicted molar refractivity (Wildman–Crippen MR) is 83.6 cm³/mol. The Morgan fingerprint density at radius 3 is 2.67 bits per heavy atom. The molecule has 1 aromatic carbocycles. The third-order valence-corrected chi connectivity index (χ3v) is 3.35. The lowest BCUT2D eigenvalue weighted by atomic mass is 10.1. The van der Waals surface area contributed by atoms with Gasteiger partial charge in [0, 0.05) is 12.1 Å². The van der Waals surface area contributed by atoms with Crippen LogP contribution in [0.3, 0.4) is 0 Å². The van der Waals surface area contributed by atoms with E-state index in [4.69, 9.17) is 5.11 Å². The van der Waals surface area contributed by atoms with Gasteiger partial charge in [-0.15, -0.1) is 0 Å². The zero-order valence-electron chi connectivity index (χ0n) is 13.0. The van der Waals surface area contributed by atoms with E-state index in [0.29, 0.717) is 13.0 Å². The van der Waals surface area contributed by atoms with Crippen molar-refractivity contribution in [2.75, 3.05) is 25.5 Å². The molecular weight excluding hydrogens is 268 g/mol. The number of anilines is 1. The number of carboxylic acid groups (broad SMARTS) is 1. The number of hydrogen-bond acceptors (Lipinski definition) is 3. The van der Waals surface area contributed by atoms with Crippen molar-refractivity contribution < 1.29 is 14.7 Å². The molecule has 1 amide bonds. The van der Waals surface area contributed by atoms with Gasteiger partial charge >= 0.3 is 5.97 Å². The maximum atomic E-state index is 12.1. The van der Waals surface area contributed by atoms with E-state index < -0.39 is 5.97 Å². The summed E-state index contributed by atoms with van der Waals surface area (Å²) < 4.78 is 0. The van der Waals surface area contributed by atoms with Crippen LogP contribution in [-0.2, 0) is 16.0 Å². The van der Waals surface area contributed by atoms with Crippen LogP contribution in [0.15, 0.2) is 18.2 Å². The summed E-state index contributed by atoms with van der Waals surface area (Å²) in [5, 5.41) is 11.6. The second-order valence-corrected chi connectivity index (χ2v) is 5.25. The number of carbonyl (C=O) groups is 2. The molecule has 0 aliphatic rings. The Bertz CT molecular complexity index is 500. The van der Waals surface area contributed by atoms with E-state index in [2.05, 4.69) is 12.2 Å². The lowest BCUT2D eigenvalue weighted by Crippen LogP contribution is -2.31. The Morgan fingerprint density at radius 1 is 1.33 bits per heavy atom. The number of benzene rings is 1. The number of amides is 1. The number of para-hydroxylation sites is 1. The number of aryl methyl sites for hydroxylation is 2. The van der Waals surface area contributed by atoms with Gasteiger partial charge in [0.25, 0.3) is 0 Å². The number of carbonyl (C=O) groups excluding carboxylic acids is 1. The molecule has 1 rings (SSSR count). The summed E-state index contributed by atoms with van der Waals surface area (Å²) in [5.41, 5.74) is 3.07. The topological polar surface area (TPSA) is 69.6 Å². The molecule has 0 heterocycles. The van der Waals surface area contributed by atoms with Crippen LogP contribution < -0.4 is 5.32 Å². The fourth-order valence-electron chi connectivity index (χ4n) is 2.21. The summed E-state index contributed by atoms with van der Waals surface area (Å²) in [7, 11) is 1.82. The van der Waals surface area contributed by atoms with Gasteiger partial charge in [0.1, 0.15) is 0 Å². The van der Waals surface area contributed by atoms with Gasteiger partial charge in [-0.1, -0.05) is 25.1 Å². The predicted octanol–water partition coefficient (Wildman–Crippen LogP) is 2.29. The van der Waals surface area contributed by atoms with Gasteiger partial charge in [0.05, 0.1) is 6.54 Å². The molecule has 0 bridgehead atoms. The van der Waals surface area contributed by atoms with Gasteiger partial charge in [-0.25, -0.2) is 0 Å². The molecular formula is C16H24N2O3. The average Bonchev–Trinajstić information content (AvgIpc) is 2.40. The molecule has 0 spiro atoms. The standard InChI is InChI=1S/C16H24N2O3/c1-4-13-8-5-7-12(2)16(13)17-14(19)11-18(3)10-6-9-15(20)21/h5,7-8H,4,6,9-11H2,1-3H3,(H,17,19)(H,20,21). The molecule has 21 heavy (non-hydrogen) atoms. The lowest BCUT2D eigenvalue weighted by molar-refractivity contribution is -0.137. The van der Waals surface area contributed by atoms with E-state index in [1.807, 2.05) is 37.1 Å². The normalized spacial score (nSPS) is 10.7. The average molecular weight is 292 g/mol. The van der Waals surface area contributed by atoms with Gasteiger partial charge in [-0.2, -0.15) is 0 Å². The Hall–Kier alpha value is -1.88. The summed E-state index contributed by atoms with van der Waals surface area (Å²) in [6.07, 6.45) is 1.54. The van der Waals surface area contributed by atoms with Crippen LogP contribution in [0.4, 0.5) is 5.69 Å².